The molecule has 1 fully saturated rings. The van der Waals surface area contributed by atoms with Crippen LogP contribution in [-0.2, 0) is 23.1 Å². The summed E-state index contributed by atoms with van der Waals surface area (Å²) in [6.07, 6.45) is 8.54. The second-order valence-corrected chi connectivity index (χ2v) is 8.90. The lowest BCUT2D eigenvalue weighted by atomic mass is 9.62. The normalized spacial score (nSPS) is 17.2. The van der Waals surface area contributed by atoms with Crippen LogP contribution in [0.4, 0.5) is 0 Å². The van der Waals surface area contributed by atoms with Gasteiger partial charge in [0.25, 0.3) is 5.56 Å². The molecule has 0 saturated heterocycles. The van der Waals surface area contributed by atoms with Gasteiger partial charge < -0.3 is 4.74 Å². The fourth-order valence-corrected chi connectivity index (χ4v) is 5.74. The molecule has 2 aliphatic rings. The van der Waals surface area contributed by atoms with Crippen LogP contribution >= 0.6 is 11.8 Å². The highest BCUT2D eigenvalue weighted by atomic mass is 32.2. The maximum atomic E-state index is 13.8. The van der Waals surface area contributed by atoms with E-state index in [0.717, 1.165) is 47.0 Å². The van der Waals surface area contributed by atoms with E-state index in [2.05, 4.69) is 30.8 Å². The molecule has 0 bridgehead atoms. The summed E-state index contributed by atoms with van der Waals surface area (Å²) < 4.78 is 7.01. The molecule has 2 aliphatic carbocycles. The Kier molecular flexibility index (Phi) is 5.74. The molecular weight excluding hydrogens is 368 g/mol. The molecular formula is C23H28N2O2S. The molecule has 4 nitrogen and oxygen atoms in total. The van der Waals surface area contributed by atoms with Crippen LogP contribution in [-0.4, -0.2) is 29.0 Å². The van der Waals surface area contributed by atoms with E-state index in [1.165, 1.54) is 24.8 Å². The first-order chi connectivity index (χ1) is 13.7. The zero-order valence-electron chi connectivity index (χ0n) is 16.6. The van der Waals surface area contributed by atoms with Crippen molar-refractivity contribution in [3.8, 4) is 11.3 Å². The van der Waals surface area contributed by atoms with Gasteiger partial charge in [0, 0.05) is 30.4 Å². The molecule has 1 saturated carbocycles. The number of hydrogen-bond acceptors (Lipinski definition) is 4. The molecule has 1 aromatic carbocycles. The van der Waals surface area contributed by atoms with E-state index >= 15 is 0 Å². The van der Waals surface area contributed by atoms with Crippen molar-refractivity contribution in [3.63, 3.8) is 0 Å². The summed E-state index contributed by atoms with van der Waals surface area (Å²) in [5.41, 5.74) is 4.38. The van der Waals surface area contributed by atoms with Crippen molar-refractivity contribution >= 4 is 11.8 Å². The van der Waals surface area contributed by atoms with Gasteiger partial charge in [0.1, 0.15) is 0 Å². The summed E-state index contributed by atoms with van der Waals surface area (Å²) in [6.45, 7) is 4.99. The standard InChI is InChI=1S/C23H28N2O2S/c1-3-13-25-21(26)19-20(24-22(25)28-15-14-27-2)18-10-6-5-9-17(18)16-23(19)11-7-4-8-12-23/h3,5-6,9-10H,1,4,7-8,11-16H2,2H3. The molecule has 0 radical (unpaired) electrons. The number of allylic oxidation sites excluding steroid dienone is 1. The van der Waals surface area contributed by atoms with Crippen LogP contribution in [0.1, 0.15) is 43.2 Å². The summed E-state index contributed by atoms with van der Waals surface area (Å²) >= 11 is 1.59. The first-order valence-corrected chi connectivity index (χ1v) is 11.1. The van der Waals surface area contributed by atoms with Crippen molar-refractivity contribution in [2.45, 2.75) is 55.6 Å². The van der Waals surface area contributed by atoms with Crippen LogP contribution in [0.5, 0.6) is 0 Å². The van der Waals surface area contributed by atoms with E-state index in [4.69, 9.17) is 9.72 Å². The van der Waals surface area contributed by atoms with Crippen LogP contribution in [0.2, 0.25) is 0 Å². The quantitative estimate of drug-likeness (QED) is 0.310. The van der Waals surface area contributed by atoms with Crippen molar-refractivity contribution in [1.82, 2.24) is 9.55 Å². The second-order valence-electron chi connectivity index (χ2n) is 7.84. The van der Waals surface area contributed by atoms with Gasteiger partial charge in [-0.1, -0.05) is 61.4 Å². The van der Waals surface area contributed by atoms with E-state index < -0.39 is 0 Å². The molecule has 4 rings (SSSR count). The van der Waals surface area contributed by atoms with Gasteiger partial charge in [-0.05, 0) is 24.8 Å². The Morgan fingerprint density at radius 1 is 1.29 bits per heavy atom. The lowest BCUT2D eigenvalue weighted by Crippen LogP contribution is -2.43. The van der Waals surface area contributed by atoms with Gasteiger partial charge >= 0.3 is 0 Å². The van der Waals surface area contributed by atoms with E-state index in [-0.39, 0.29) is 11.0 Å². The summed E-state index contributed by atoms with van der Waals surface area (Å²) in [7, 11) is 1.70. The zero-order chi connectivity index (χ0) is 19.6. The number of rotatable bonds is 6. The predicted octanol–water partition coefficient (Wildman–Crippen LogP) is 4.59. The third kappa shape index (κ3) is 3.35. The SMILES string of the molecule is C=CCn1c(SCCOC)nc2c(c1=O)C1(CCCCC1)Cc1ccccc1-2. The molecule has 0 N–H and O–H groups in total. The van der Waals surface area contributed by atoms with Gasteiger partial charge in [0.2, 0.25) is 0 Å². The summed E-state index contributed by atoms with van der Waals surface area (Å²) in [4.78, 5) is 18.8. The smallest absolute Gasteiger partial charge is 0.258 e. The minimum absolute atomic E-state index is 0.0648. The number of hydrogen-bond donors (Lipinski definition) is 0. The highest BCUT2D eigenvalue weighted by Gasteiger charge is 2.43. The molecule has 2 aromatic rings. The Labute approximate surface area is 171 Å². The van der Waals surface area contributed by atoms with Crippen LogP contribution in [0, 0.1) is 0 Å². The minimum Gasteiger partial charge on any atom is -0.384 e. The van der Waals surface area contributed by atoms with Crippen molar-refractivity contribution in [1.29, 1.82) is 0 Å². The minimum atomic E-state index is -0.0648. The van der Waals surface area contributed by atoms with Crippen molar-refractivity contribution in [2.75, 3.05) is 19.5 Å². The molecule has 5 heteroatoms. The number of aromatic nitrogens is 2. The first-order valence-electron chi connectivity index (χ1n) is 10.2. The topological polar surface area (TPSA) is 44.1 Å². The summed E-state index contributed by atoms with van der Waals surface area (Å²) in [5, 5.41) is 0.767. The van der Waals surface area contributed by atoms with Crippen molar-refractivity contribution in [3.05, 3.63) is 58.4 Å². The number of benzene rings is 1. The monoisotopic (exact) mass is 396 g/mol. The molecule has 0 amide bonds. The Morgan fingerprint density at radius 3 is 2.82 bits per heavy atom. The Bertz CT molecular complexity index is 929. The van der Waals surface area contributed by atoms with Crippen LogP contribution in [0.25, 0.3) is 11.3 Å². The fourth-order valence-electron chi connectivity index (χ4n) is 4.84. The Balaban J connectivity index is 1.94. The predicted molar refractivity (Wildman–Crippen MR) is 115 cm³/mol. The number of nitrogens with zero attached hydrogens (tertiary/aromatic N) is 2. The van der Waals surface area contributed by atoms with Gasteiger partial charge in [-0.25, -0.2) is 4.98 Å². The van der Waals surface area contributed by atoms with Crippen molar-refractivity contribution in [2.24, 2.45) is 0 Å². The fraction of sp³-hybridized carbons (Fsp3) is 0.478. The maximum absolute atomic E-state index is 13.8. The summed E-state index contributed by atoms with van der Waals surface area (Å²) in [6, 6.07) is 8.49. The summed E-state index contributed by atoms with van der Waals surface area (Å²) in [5.74, 6) is 0.770. The third-order valence-corrected chi connectivity index (χ3v) is 7.05. The van der Waals surface area contributed by atoms with Gasteiger partial charge in [-0.3, -0.25) is 9.36 Å². The second kappa shape index (κ2) is 8.26. The number of thioether (sulfide) groups is 1. The zero-order valence-corrected chi connectivity index (χ0v) is 17.4. The molecule has 28 heavy (non-hydrogen) atoms. The maximum Gasteiger partial charge on any atom is 0.258 e. The lowest BCUT2D eigenvalue weighted by Gasteiger charge is -2.42. The molecule has 1 heterocycles. The molecule has 0 atom stereocenters. The van der Waals surface area contributed by atoms with Gasteiger partial charge in [0.05, 0.1) is 17.9 Å². The number of ether oxygens (including phenoxy) is 1. The first kappa shape index (κ1) is 19.5. The van der Waals surface area contributed by atoms with Gasteiger partial charge in [0.15, 0.2) is 5.16 Å². The molecule has 1 spiro atoms. The largest absolute Gasteiger partial charge is 0.384 e. The average molecular weight is 397 g/mol. The average Bonchev–Trinajstić information content (AvgIpc) is 2.71. The van der Waals surface area contributed by atoms with Crippen LogP contribution in [0.15, 0.2) is 46.9 Å². The van der Waals surface area contributed by atoms with E-state index in [1.54, 1.807) is 24.9 Å². The molecule has 1 aromatic heterocycles. The van der Waals surface area contributed by atoms with E-state index in [1.807, 2.05) is 4.57 Å². The van der Waals surface area contributed by atoms with Crippen molar-refractivity contribution < 1.29 is 4.74 Å². The van der Waals surface area contributed by atoms with Crippen LogP contribution in [0.3, 0.4) is 0 Å². The van der Waals surface area contributed by atoms with Gasteiger partial charge in [-0.15, -0.1) is 6.58 Å². The lowest BCUT2D eigenvalue weighted by molar-refractivity contribution is 0.218. The van der Waals surface area contributed by atoms with E-state index in [0.29, 0.717) is 13.2 Å². The highest BCUT2D eigenvalue weighted by molar-refractivity contribution is 7.99. The number of methoxy groups -OCH3 is 1. The Morgan fingerprint density at radius 2 is 2.07 bits per heavy atom. The van der Waals surface area contributed by atoms with Gasteiger partial charge in [-0.2, -0.15) is 0 Å². The van der Waals surface area contributed by atoms with Crippen LogP contribution < -0.4 is 5.56 Å². The van der Waals surface area contributed by atoms with E-state index in [9.17, 15) is 4.79 Å². The highest BCUT2D eigenvalue weighted by Crippen LogP contribution is 2.48. The third-order valence-electron chi connectivity index (χ3n) is 6.11. The molecule has 0 aliphatic heterocycles. The number of fused-ring (bicyclic) bond motifs is 4. The molecule has 0 unspecified atom stereocenters. The molecule has 148 valence electrons. The Hall–Kier alpha value is -1.85.